The number of nitrogens with one attached hydrogen (secondary N) is 2. The van der Waals surface area contributed by atoms with Gasteiger partial charge in [-0.3, -0.25) is 0 Å². The predicted octanol–water partition coefficient (Wildman–Crippen LogP) is 1.34. The zero-order valence-corrected chi connectivity index (χ0v) is 14.5. The summed E-state index contributed by atoms with van der Waals surface area (Å²) in [5.74, 6) is 1.000. The summed E-state index contributed by atoms with van der Waals surface area (Å²) in [5, 5.41) is 10.3. The highest BCUT2D eigenvalue weighted by atomic mass is 16.2. The van der Waals surface area contributed by atoms with Crippen LogP contribution in [0.25, 0.3) is 0 Å². The maximum absolute atomic E-state index is 12.2. The molecular formula is C18H24N6O. The Hall–Kier alpha value is -2.57. The van der Waals surface area contributed by atoms with E-state index in [4.69, 9.17) is 0 Å². The molecule has 2 aliphatic rings. The van der Waals surface area contributed by atoms with Gasteiger partial charge in [0, 0.05) is 31.2 Å². The van der Waals surface area contributed by atoms with E-state index in [2.05, 4.69) is 56.8 Å². The van der Waals surface area contributed by atoms with E-state index in [1.54, 1.807) is 6.33 Å². The zero-order chi connectivity index (χ0) is 17.2. The third-order valence-corrected chi connectivity index (χ3v) is 5.15. The van der Waals surface area contributed by atoms with Crippen molar-refractivity contribution in [3.05, 3.63) is 42.0 Å². The van der Waals surface area contributed by atoms with E-state index in [9.17, 15) is 4.79 Å². The van der Waals surface area contributed by atoms with Crippen LogP contribution < -0.4 is 15.5 Å². The highest BCUT2D eigenvalue weighted by Crippen LogP contribution is 2.28. The summed E-state index contributed by atoms with van der Waals surface area (Å²) in [4.78, 5) is 18.8. The van der Waals surface area contributed by atoms with Crippen molar-refractivity contribution in [1.82, 2.24) is 25.4 Å². The fourth-order valence-electron chi connectivity index (χ4n) is 3.76. The van der Waals surface area contributed by atoms with E-state index in [1.807, 2.05) is 4.68 Å². The van der Waals surface area contributed by atoms with Crippen molar-refractivity contribution < 1.29 is 4.79 Å². The van der Waals surface area contributed by atoms with Gasteiger partial charge >= 0.3 is 6.03 Å². The smallest absolute Gasteiger partial charge is 0.315 e. The molecule has 2 amide bonds. The highest BCUT2D eigenvalue weighted by Gasteiger charge is 2.24. The topological polar surface area (TPSA) is 75.1 Å². The molecule has 2 unspecified atom stereocenters. The average Bonchev–Trinajstić information content (AvgIpc) is 3.26. The van der Waals surface area contributed by atoms with Gasteiger partial charge in [0.15, 0.2) is 0 Å². The summed E-state index contributed by atoms with van der Waals surface area (Å²) in [6.45, 7) is 4.49. The van der Waals surface area contributed by atoms with Gasteiger partial charge in [0.25, 0.3) is 0 Å². The number of carbonyl (C=O) groups is 1. The molecule has 25 heavy (non-hydrogen) atoms. The first-order chi connectivity index (χ1) is 12.2. The quantitative estimate of drug-likeness (QED) is 0.881. The first-order valence-corrected chi connectivity index (χ1v) is 8.96. The molecule has 1 aromatic heterocycles. The molecule has 132 valence electrons. The molecule has 0 aliphatic carbocycles. The second-order valence-electron chi connectivity index (χ2n) is 6.87. The second kappa shape index (κ2) is 6.74. The van der Waals surface area contributed by atoms with Gasteiger partial charge in [0.05, 0.1) is 12.6 Å². The van der Waals surface area contributed by atoms with Gasteiger partial charge in [-0.15, -0.1) is 0 Å². The number of benzene rings is 1. The second-order valence-corrected chi connectivity index (χ2v) is 6.87. The lowest BCUT2D eigenvalue weighted by molar-refractivity contribution is 0.231. The number of nitrogens with zero attached hydrogens (tertiary/aromatic N) is 4. The van der Waals surface area contributed by atoms with Crippen LogP contribution >= 0.6 is 0 Å². The van der Waals surface area contributed by atoms with Gasteiger partial charge in [-0.2, -0.15) is 5.10 Å². The Bertz CT molecular complexity index is 758. The number of urea groups is 1. The van der Waals surface area contributed by atoms with Crippen molar-refractivity contribution in [2.24, 2.45) is 0 Å². The van der Waals surface area contributed by atoms with Crippen LogP contribution in [0.2, 0.25) is 0 Å². The van der Waals surface area contributed by atoms with Crippen molar-refractivity contribution in [2.45, 2.75) is 44.8 Å². The molecule has 0 saturated carbocycles. The normalized spacial score (nSPS) is 19.9. The third kappa shape index (κ3) is 3.31. The first-order valence-electron chi connectivity index (χ1n) is 8.96. The molecule has 7 heteroatoms. The standard InChI is InChI=1S/C18H24N6O/c1-13(23-9-8-14-4-2-3-5-16(14)23)10-19-18(25)22-15-6-7-17-20-12-21-24(17)11-15/h2-5,12-13,15H,6-11H2,1H3,(H2,19,22,25). The molecule has 7 nitrogen and oxygen atoms in total. The van der Waals surface area contributed by atoms with Gasteiger partial charge in [-0.05, 0) is 31.4 Å². The third-order valence-electron chi connectivity index (χ3n) is 5.15. The summed E-state index contributed by atoms with van der Waals surface area (Å²) >= 11 is 0. The molecule has 0 spiro atoms. The monoisotopic (exact) mass is 340 g/mol. The number of carbonyl (C=O) groups excluding carboxylic acids is 1. The number of hydrogen-bond acceptors (Lipinski definition) is 4. The number of fused-ring (bicyclic) bond motifs is 2. The minimum atomic E-state index is -0.104. The number of aromatic nitrogens is 3. The van der Waals surface area contributed by atoms with Crippen LogP contribution in [0.4, 0.5) is 10.5 Å². The van der Waals surface area contributed by atoms with E-state index in [0.29, 0.717) is 13.1 Å². The molecule has 2 aromatic rings. The summed E-state index contributed by atoms with van der Waals surface area (Å²) in [6.07, 6.45) is 4.41. The number of aryl methyl sites for hydroxylation is 1. The Kier molecular flexibility index (Phi) is 4.29. The number of anilines is 1. The van der Waals surface area contributed by atoms with Crippen LogP contribution in [-0.2, 0) is 19.4 Å². The van der Waals surface area contributed by atoms with Crippen molar-refractivity contribution in [3.63, 3.8) is 0 Å². The van der Waals surface area contributed by atoms with Crippen molar-refractivity contribution >= 4 is 11.7 Å². The van der Waals surface area contributed by atoms with Crippen molar-refractivity contribution in [1.29, 1.82) is 0 Å². The molecule has 0 fully saturated rings. The Labute approximate surface area is 147 Å². The molecule has 0 radical (unpaired) electrons. The molecule has 2 aliphatic heterocycles. The summed E-state index contributed by atoms with van der Waals surface area (Å²) in [5.41, 5.74) is 2.69. The van der Waals surface area contributed by atoms with Crippen LogP contribution in [0.5, 0.6) is 0 Å². The van der Waals surface area contributed by atoms with E-state index in [-0.39, 0.29) is 18.1 Å². The number of para-hydroxylation sites is 1. The van der Waals surface area contributed by atoms with Crippen molar-refractivity contribution in [3.8, 4) is 0 Å². The van der Waals surface area contributed by atoms with E-state index < -0.39 is 0 Å². The first kappa shape index (κ1) is 15.9. The maximum atomic E-state index is 12.2. The summed E-state index contributed by atoms with van der Waals surface area (Å²) in [7, 11) is 0. The maximum Gasteiger partial charge on any atom is 0.315 e. The highest BCUT2D eigenvalue weighted by molar-refractivity contribution is 5.74. The average molecular weight is 340 g/mol. The zero-order valence-electron chi connectivity index (χ0n) is 14.5. The van der Waals surface area contributed by atoms with Crippen LogP contribution in [0.15, 0.2) is 30.6 Å². The number of amides is 2. The van der Waals surface area contributed by atoms with Crippen LogP contribution in [0.1, 0.15) is 24.7 Å². The van der Waals surface area contributed by atoms with E-state index in [0.717, 1.165) is 31.6 Å². The van der Waals surface area contributed by atoms with Gasteiger partial charge < -0.3 is 15.5 Å². The largest absolute Gasteiger partial charge is 0.366 e. The fraction of sp³-hybridized carbons (Fsp3) is 0.500. The SMILES string of the molecule is CC(CNC(=O)NC1CCc2ncnn2C1)N1CCc2ccccc21. The Balaban J connectivity index is 1.27. The van der Waals surface area contributed by atoms with E-state index in [1.165, 1.54) is 11.3 Å². The lowest BCUT2D eigenvalue weighted by Gasteiger charge is -2.28. The molecule has 2 N–H and O–H groups in total. The molecule has 0 saturated heterocycles. The fourth-order valence-corrected chi connectivity index (χ4v) is 3.76. The molecule has 0 bridgehead atoms. The molecule has 3 heterocycles. The molecule has 2 atom stereocenters. The van der Waals surface area contributed by atoms with Gasteiger partial charge in [0.1, 0.15) is 12.2 Å². The molecule has 1 aromatic carbocycles. The lowest BCUT2D eigenvalue weighted by atomic mass is 10.1. The summed E-state index contributed by atoms with van der Waals surface area (Å²) < 4.78 is 1.87. The number of rotatable bonds is 4. The van der Waals surface area contributed by atoms with Crippen LogP contribution in [0.3, 0.4) is 0 Å². The predicted molar refractivity (Wildman–Crippen MR) is 95.6 cm³/mol. The minimum Gasteiger partial charge on any atom is -0.366 e. The summed E-state index contributed by atoms with van der Waals surface area (Å²) in [6, 6.07) is 8.78. The Morgan fingerprint density at radius 2 is 2.24 bits per heavy atom. The van der Waals surface area contributed by atoms with Crippen LogP contribution in [-0.4, -0.2) is 46.0 Å². The minimum absolute atomic E-state index is 0.104. The van der Waals surface area contributed by atoms with Gasteiger partial charge in [0.2, 0.25) is 0 Å². The molecule has 4 rings (SSSR count). The van der Waals surface area contributed by atoms with Gasteiger partial charge in [-0.25, -0.2) is 14.5 Å². The number of hydrogen-bond donors (Lipinski definition) is 2. The Morgan fingerprint density at radius 3 is 3.16 bits per heavy atom. The Morgan fingerprint density at radius 1 is 1.36 bits per heavy atom. The van der Waals surface area contributed by atoms with Gasteiger partial charge in [-0.1, -0.05) is 18.2 Å². The van der Waals surface area contributed by atoms with Crippen LogP contribution in [0, 0.1) is 0 Å². The van der Waals surface area contributed by atoms with Crippen molar-refractivity contribution in [2.75, 3.05) is 18.0 Å². The van der Waals surface area contributed by atoms with E-state index >= 15 is 0 Å². The lowest BCUT2D eigenvalue weighted by Crippen LogP contribution is -2.49. The molecular weight excluding hydrogens is 316 g/mol.